The zero-order valence-corrected chi connectivity index (χ0v) is 14.5. The van der Waals surface area contributed by atoms with E-state index in [1.165, 1.54) is 49.8 Å². The average molecular weight is 310 g/mol. The van der Waals surface area contributed by atoms with Gasteiger partial charge in [0.05, 0.1) is 6.61 Å². The van der Waals surface area contributed by atoms with Gasteiger partial charge in [-0.25, -0.2) is 0 Å². The van der Waals surface area contributed by atoms with Crippen molar-refractivity contribution in [3.8, 4) is 5.75 Å². The summed E-state index contributed by atoms with van der Waals surface area (Å²) < 4.78 is 5.96. The Morgan fingerprint density at radius 2 is 1.76 bits per heavy atom. The number of hydrogen-bond acceptors (Lipinski definition) is 3. The highest BCUT2D eigenvalue weighted by Gasteiger charge is 2.05. The molecule has 2 nitrogen and oxygen atoms in total. The van der Waals surface area contributed by atoms with Crippen LogP contribution in [0.1, 0.15) is 64.4 Å². The Balaban J connectivity index is 2.32. The molecule has 0 spiro atoms. The molecule has 0 aliphatic carbocycles. The molecule has 0 saturated carbocycles. The van der Waals surface area contributed by atoms with Gasteiger partial charge in [-0.15, -0.1) is 0 Å². The summed E-state index contributed by atoms with van der Waals surface area (Å²) in [7, 11) is 0. The fraction of sp³-hybridized carbons (Fsp3) is 0.667. The van der Waals surface area contributed by atoms with Crippen molar-refractivity contribution in [3.63, 3.8) is 0 Å². The van der Waals surface area contributed by atoms with Crippen molar-refractivity contribution in [3.05, 3.63) is 23.8 Å². The largest absolute Gasteiger partial charge is 0.493 e. The van der Waals surface area contributed by atoms with E-state index in [4.69, 9.17) is 10.5 Å². The van der Waals surface area contributed by atoms with Gasteiger partial charge in [-0.3, -0.25) is 0 Å². The number of nitrogens with two attached hydrogens (primary N) is 1. The lowest BCUT2D eigenvalue weighted by Gasteiger charge is -2.12. The first-order chi connectivity index (χ1) is 10.3. The summed E-state index contributed by atoms with van der Waals surface area (Å²) in [5.41, 5.74) is 7.95. The Hall–Kier alpha value is -0.830. The Morgan fingerprint density at radius 1 is 1.00 bits per heavy atom. The van der Waals surface area contributed by atoms with Crippen LogP contribution in [-0.2, 0) is 5.75 Å². The van der Waals surface area contributed by atoms with E-state index in [2.05, 4.69) is 19.9 Å². The van der Waals surface area contributed by atoms with E-state index in [-0.39, 0.29) is 0 Å². The Morgan fingerprint density at radius 3 is 2.52 bits per heavy atom. The van der Waals surface area contributed by atoms with Gasteiger partial charge < -0.3 is 10.5 Å². The van der Waals surface area contributed by atoms with E-state index in [0.29, 0.717) is 0 Å². The molecule has 120 valence electrons. The Bertz CT molecular complexity index is 381. The van der Waals surface area contributed by atoms with Crippen LogP contribution in [0.3, 0.4) is 0 Å². The first-order valence-corrected chi connectivity index (χ1v) is 9.52. The second-order valence-corrected chi connectivity index (χ2v) is 6.64. The molecule has 0 bridgehead atoms. The van der Waals surface area contributed by atoms with Gasteiger partial charge in [0, 0.05) is 17.0 Å². The van der Waals surface area contributed by atoms with Crippen LogP contribution in [0.4, 0.5) is 5.69 Å². The third-order valence-corrected chi connectivity index (χ3v) is 4.66. The minimum absolute atomic E-state index is 0.821. The van der Waals surface area contributed by atoms with Gasteiger partial charge in [0.1, 0.15) is 5.75 Å². The molecule has 0 aliphatic rings. The zero-order chi connectivity index (χ0) is 15.3. The van der Waals surface area contributed by atoms with Crippen LogP contribution in [0.5, 0.6) is 5.75 Å². The van der Waals surface area contributed by atoms with Crippen molar-refractivity contribution in [1.29, 1.82) is 0 Å². The molecular weight excluding hydrogens is 278 g/mol. The summed E-state index contributed by atoms with van der Waals surface area (Å²) in [4.78, 5) is 0. The molecule has 0 saturated heterocycles. The molecule has 1 rings (SSSR count). The van der Waals surface area contributed by atoms with Crippen LogP contribution >= 0.6 is 11.8 Å². The lowest BCUT2D eigenvalue weighted by Crippen LogP contribution is -2.01. The lowest BCUT2D eigenvalue weighted by molar-refractivity contribution is 0.302. The molecule has 0 heterocycles. The molecule has 0 atom stereocenters. The summed E-state index contributed by atoms with van der Waals surface area (Å²) in [6.07, 6.45) is 8.99. The number of nitrogen functional groups attached to an aromatic ring is 1. The van der Waals surface area contributed by atoms with Crippen LogP contribution < -0.4 is 10.5 Å². The van der Waals surface area contributed by atoms with Gasteiger partial charge >= 0.3 is 0 Å². The maximum absolute atomic E-state index is 5.96. The highest BCUT2D eigenvalue weighted by Crippen LogP contribution is 2.26. The molecule has 0 amide bonds. The van der Waals surface area contributed by atoms with Crippen molar-refractivity contribution in [1.82, 2.24) is 0 Å². The van der Waals surface area contributed by atoms with Crippen LogP contribution in [0, 0.1) is 0 Å². The first-order valence-electron chi connectivity index (χ1n) is 8.36. The highest BCUT2D eigenvalue weighted by atomic mass is 32.2. The van der Waals surface area contributed by atoms with Gasteiger partial charge in [-0.1, -0.05) is 46.0 Å². The maximum Gasteiger partial charge on any atom is 0.123 e. The number of benzene rings is 1. The van der Waals surface area contributed by atoms with Gasteiger partial charge in [-0.2, -0.15) is 11.8 Å². The van der Waals surface area contributed by atoms with Crippen molar-refractivity contribution in [2.24, 2.45) is 0 Å². The number of rotatable bonds is 12. The predicted molar refractivity (Wildman–Crippen MR) is 96.2 cm³/mol. The summed E-state index contributed by atoms with van der Waals surface area (Å²) in [5, 5.41) is 0. The van der Waals surface area contributed by atoms with Crippen LogP contribution in [0.2, 0.25) is 0 Å². The highest BCUT2D eigenvalue weighted by molar-refractivity contribution is 7.98. The minimum atomic E-state index is 0.821. The van der Waals surface area contributed by atoms with Gasteiger partial charge in [-0.05, 0) is 36.8 Å². The fourth-order valence-electron chi connectivity index (χ4n) is 2.24. The molecule has 21 heavy (non-hydrogen) atoms. The Labute approximate surface area is 134 Å². The quantitative estimate of drug-likeness (QED) is 0.400. The molecule has 0 fully saturated rings. The number of anilines is 1. The number of hydrogen-bond donors (Lipinski definition) is 1. The number of unbranched alkanes of at least 4 members (excludes halogenated alkanes) is 5. The van der Waals surface area contributed by atoms with E-state index in [9.17, 15) is 0 Å². The van der Waals surface area contributed by atoms with E-state index in [1.807, 2.05) is 23.9 Å². The number of ether oxygens (including phenoxy) is 1. The van der Waals surface area contributed by atoms with Gasteiger partial charge in [0.15, 0.2) is 0 Å². The molecule has 0 unspecified atom stereocenters. The molecule has 0 aromatic heterocycles. The smallest absolute Gasteiger partial charge is 0.123 e. The molecule has 1 aromatic carbocycles. The third kappa shape index (κ3) is 8.25. The molecule has 0 aliphatic heterocycles. The van der Waals surface area contributed by atoms with Gasteiger partial charge in [0.25, 0.3) is 0 Å². The summed E-state index contributed by atoms with van der Waals surface area (Å²) in [6, 6.07) is 6.01. The topological polar surface area (TPSA) is 35.2 Å². The molecule has 3 heteroatoms. The second-order valence-electron chi connectivity index (χ2n) is 5.54. The van der Waals surface area contributed by atoms with E-state index in [1.54, 1.807) is 0 Å². The van der Waals surface area contributed by atoms with Crippen molar-refractivity contribution >= 4 is 17.4 Å². The monoisotopic (exact) mass is 309 g/mol. The lowest BCUT2D eigenvalue weighted by atomic mass is 10.1. The van der Waals surface area contributed by atoms with Crippen molar-refractivity contribution < 1.29 is 4.74 Å². The van der Waals surface area contributed by atoms with Crippen LogP contribution in [-0.4, -0.2) is 12.4 Å². The predicted octanol–water partition coefficient (Wildman–Crippen LogP) is 5.65. The summed E-state index contributed by atoms with van der Waals surface area (Å²) in [6.45, 7) is 5.28. The van der Waals surface area contributed by atoms with E-state index >= 15 is 0 Å². The van der Waals surface area contributed by atoms with E-state index in [0.717, 1.165) is 30.2 Å². The zero-order valence-electron chi connectivity index (χ0n) is 13.7. The Kier molecular flexibility index (Phi) is 10.2. The van der Waals surface area contributed by atoms with Gasteiger partial charge in [0.2, 0.25) is 0 Å². The van der Waals surface area contributed by atoms with Crippen molar-refractivity contribution in [2.75, 3.05) is 18.1 Å². The normalized spacial score (nSPS) is 10.8. The van der Waals surface area contributed by atoms with Crippen molar-refractivity contribution in [2.45, 2.75) is 64.5 Å². The first kappa shape index (κ1) is 18.2. The SMILES string of the molecule is CCCCCCCCOc1ccc(N)cc1CSCCC. The molecule has 1 aromatic rings. The fourth-order valence-corrected chi connectivity index (χ4v) is 3.12. The number of thioether (sulfide) groups is 1. The maximum atomic E-state index is 5.96. The second kappa shape index (κ2) is 11.8. The van der Waals surface area contributed by atoms with Crippen LogP contribution in [0.15, 0.2) is 18.2 Å². The molecule has 2 N–H and O–H groups in total. The molecular formula is C18H31NOS. The van der Waals surface area contributed by atoms with E-state index < -0.39 is 0 Å². The third-order valence-electron chi connectivity index (χ3n) is 3.45. The van der Waals surface area contributed by atoms with Crippen LogP contribution in [0.25, 0.3) is 0 Å². The standard InChI is InChI=1S/C18H31NOS/c1-3-5-6-7-8-9-12-20-18-11-10-17(19)14-16(18)15-21-13-4-2/h10-11,14H,3-9,12-13,15,19H2,1-2H3. The summed E-state index contributed by atoms with van der Waals surface area (Å²) >= 11 is 1.95. The molecule has 0 radical (unpaired) electrons. The average Bonchev–Trinajstić information content (AvgIpc) is 2.48. The summed E-state index contributed by atoms with van der Waals surface area (Å²) in [5.74, 6) is 3.19. The minimum Gasteiger partial charge on any atom is -0.493 e.